The van der Waals surface area contributed by atoms with Crippen LogP contribution in [0.15, 0.2) is 66.7 Å². The molecule has 2 unspecified atom stereocenters. The summed E-state index contributed by atoms with van der Waals surface area (Å²) in [5, 5.41) is 22.6. The molecule has 0 saturated heterocycles. The Labute approximate surface area is 192 Å². The zero-order valence-corrected chi connectivity index (χ0v) is 18.2. The van der Waals surface area contributed by atoms with E-state index in [2.05, 4.69) is 5.32 Å². The van der Waals surface area contributed by atoms with Crippen LogP contribution >= 0.6 is 0 Å². The first-order valence-corrected chi connectivity index (χ1v) is 11.0. The van der Waals surface area contributed by atoms with Gasteiger partial charge in [-0.1, -0.05) is 42.5 Å². The summed E-state index contributed by atoms with van der Waals surface area (Å²) >= 11 is 0. The summed E-state index contributed by atoms with van der Waals surface area (Å²) in [7, 11) is 0. The van der Waals surface area contributed by atoms with Gasteiger partial charge in [-0.3, -0.25) is 0 Å². The molecule has 3 aromatic rings. The summed E-state index contributed by atoms with van der Waals surface area (Å²) in [5.41, 5.74) is 2.60. The molecule has 7 heteroatoms. The third-order valence-electron chi connectivity index (χ3n) is 5.43. The molecule has 1 heterocycles. The molecule has 0 aliphatic carbocycles. The predicted octanol–water partition coefficient (Wildman–Crippen LogP) is 3.75. The minimum atomic E-state index is -0.864. The molecule has 2 atom stereocenters. The van der Waals surface area contributed by atoms with E-state index in [4.69, 9.17) is 14.2 Å². The molecule has 3 aromatic carbocycles. The third kappa shape index (κ3) is 6.44. The highest BCUT2D eigenvalue weighted by Gasteiger charge is 2.21. The number of aliphatic hydroxyl groups excluding tert-OH is 1. The van der Waals surface area contributed by atoms with Gasteiger partial charge < -0.3 is 29.7 Å². The number of rotatable bonds is 10. The lowest BCUT2D eigenvalue weighted by Gasteiger charge is -2.27. The van der Waals surface area contributed by atoms with E-state index in [0.29, 0.717) is 37.7 Å². The maximum absolute atomic E-state index is 13.4. The van der Waals surface area contributed by atoms with Gasteiger partial charge in [0, 0.05) is 6.54 Å². The Bertz CT molecular complexity index is 1050. The number of fused-ring (bicyclic) bond motifs is 1. The quantitative estimate of drug-likeness (QED) is 0.406. The summed E-state index contributed by atoms with van der Waals surface area (Å²) in [6.07, 6.45) is -0.310. The van der Waals surface area contributed by atoms with Gasteiger partial charge in [-0.2, -0.15) is 0 Å². The number of aromatic hydroxyl groups is 1. The van der Waals surface area contributed by atoms with Crippen molar-refractivity contribution in [2.24, 2.45) is 0 Å². The molecular weight excluding hydrogens is 425 g/mol. The Morgan fingerprint density at radius 1 is 1.03 bits per heavy atom. The number of hydrogen-bond acceptors (Lipinski definition) is 6. The summed E-state index contributed by atoms with van der Waals surface area (Å²) < 4.78 is 31.1. The fourth-order valence-corrected chi connectivity index (χ4v) is 3.60. The van der Waals surface area contributed by atoms with Crippen molar-refractivity contribution < 1.29 is 28.8 Å². The fraction of sp³-hybridized carbons (Fsp3) is 0.308. The molecule has 0 bridgehead atoms. The summed E-state index contributed by atoms with van der Waals surface area (Å²) in [4.78, 5) is 0. The second-order valence-corrected chi connectivity index (χ2v) is 8.01. The van der Waals surface area contributed by atoms with Crippen molar-refractivity contribution in [2.75, 3.05) is 26.3 Å². The molecule has 0 spiro atoms. The largest absolute Gasteiger partial charge is 0.505 e. The number of phenolic OH excluding ortho intramolecular Hbond substituents is 1. The number of ether oxygens (including phenoxy) is 3. The molecule has 0 fully saturated rings. The molecule has 0 saturated carbocycles. The highest BCUT2D eigenvalue weighted by atomic mass is 19.1. The van der Waals surface area contributed by atoms with Crippen molar-refractivity contribution in [3.63, 3.8) is 0 Å². The number of benzene rings is 3. The molecule has 6 nitrogen and oxygen atoms in total. The maximum atomic E-state index is 13.4. The zero-order valence-electron chi connectivity index (χ0n) is 18.2. The van der Waals surface area contributed by atoms with Gasteiger partial charge in [0.15, 0.2) is 29.2 Å². The van der Waals surface area contributed by atoms with E-state index in [1.54, 1.807) is 0 Å². The van der Waals surface area contributed by atoms with E-state index in [1.165, 1.54) is 12.1 Å². The average molecular weight is 454 g/mol. The van der Waals surface area contributed by atoms with E-state index >= 15 is 0 Å². The van der Waals surface area contributed by atoms with Crippen LogP contribution in [-0.2, 0) is 17.8 Å². The fourth-order valence-electron chi connectivity index (χ4n) is 3.60. The molecule has 0 aromatic heterocycles. The molecule has 4 rings (SSSR count). The van der Waals surface area contributed by atoms with Crippen molar-refractivity contribution >= 4 is 0 Å². The lowest BCUT2D eigenvalue weighted by molar-refractivity contribution is 0.00266. The first kappa shape index (κ1) is 23.0. The zero-order chi connectivity index (χ0) is 23.0. The third-order valence-corrected chi connectivity index (χ3v) is 5.43. The van der Waals surface area contributed by atoms with E-state index in [-0.39, 0.29) is 12.6 Å². The van der Waals surface area contributed by atoms with E-state index in [1.807, 2.05) is 48.5 Å². The van der Waals surface area contributed by atoms with Crippen molar-refractivity contribution in [1.82, 2.24) is 5.32 Å². The molecule has 1 aliphatic heterocycles. The van der Waals surface area contributed by atoms with Crippen LogP contribution in [0, 0.1) is 5.82 Å². The van der Waals surface area contributed by atoms with Gasteiger partial charge in [-0.15, -0.1) is 0 Å². The number of aliphatic hydroxyl groups is 1. The SMILES string of the molecule is Oc1ccc(C(O)CNCCc2ccc3c(c2)OC(COCc2ccccc2)CO3)cc1F. The number of hydrogen-bond donors (Lipinski definition) is 3. The molecule has 0 radical (unpaired) electrons. The van der Waals surface area contributed by atoms with Crippen LogP contribution in [0.1, 0.15) is 22.8 Å². The second-order valence-electron chi connectivity index (χ2n) is 8.01. The Kier molecular flexibility index (Phi) is 7.78. The van der Waals surface area contributed by atoms with Crippen molar-refractivity contribution in [2.45, 2.75) is 25.2 Å². The number of halogens is 1. The maximum Gasteiger partial charge on any atom is 0.165 e. The molecule has 33 heavy (non-hydrogen) atoms. The smallest absolute Gasteiger partial charge is 0.165 e. The number of phenols is 1. The lowest BCUT2D eigenvalue weighted by Crippen LogP contribution is -2.33. The van der Waals surface area contributed by atoms with Crippen LogP contribution in [0.4, 0.5) is 4.39 Å². The van der Waals surface area contributed by atoms with Gasteiger partial charge >= 0.3 is 0 Å². The van der Waals surface area contributed by atoms with Gasteiger partial charge in [-0.05, 0) is 53.9 Å². The van der Waals surface area contributed by atoms with Crippen LogP contribution < -0.4 is 14.8 Å². The lowest BCUT2D eigenvalue weighted by atomic mass is 10.1. The number of nitrogens with one attached hydrogen (secondary N) is 1. The standard InChI is InChI=1S/C26H28FNO5/c27-22-13-20(7-8-23(22)29)24(30)14-28-11-10-18-6-9-25-26(12-18)33-21(17-32-25)16-31-15-19-4-2-1-3-5-19/h1-9,12-13,21,24,28-30H,10-11,14-17H2. The van der Waals surface area contributed by atoms with Crippen molar-refractivity contribution in [1.29, 1.82) is 0 Å². The van der Waals surface area contributed by atoms with Crippen molar-refractivity contribution in [3.8, 4) is 17.2 Å². The predicted molar refractivity (Wildman–Crippen MR) is 122 cm³/mol. The molecular formula is C26H28FNO5. The van der Waals surface area contributed by atoms with E-state index in [9.17, 15) is 14.6 Å². The minimum Gasteiger partial charge on any atom is -0.505 e. The van der Waals surface area contributed by atoms with Crippen molar-refractivity contribution in [3.05, 3.63) is 89.2 Å². The summed E-state index contributed by atoms with van der Waals surface area (Å²) in [6.45, 7) is 2.31. The van der Waals surface area contributed by atoms with Crippen LogP contribution in [0.3, 0.4) is 0 Å². The van der Waals surface area contributed by atoms with Gasteiger partial charge in [0.05, 0.1) is 19.3 Å². The van der Waals surface area contributed by atoms with Gasteiger partial charge in [0.2, 0.25) is 0 Å². The topological polar surface area (TPSA) is 80.2 Å². The van der Waals surface area contributed by atoms with Crippen LogP contribution in [0.2, 0.25) is 0 Å². The van der Waals surface area contributed by atoms with Gasteiger partial charge in [0.25, 0.3) is 0 Å². The van der Waals surface area contributed by atoms with Crippen LogP contribution in [0.5, 0.6) is 17.2 Å². The summed E-state index contributed by atoms with van der Waals surface area (Å²) in [6, 6.07) is 19.7. The first-order chi connectivity index (χ1) is 16.1. The van der Waals surface area contributed by atoms with Gasteiger partial charge in [0.1, 0.15) is 6.61 Å². The van der Waals surface area contributed by atoms with E-state index in [0.717, 1.165) is 29.4 Å². The normalized spacial score (nSPS) is 15.9. The first-order valence-electron chi connectivity index (χ1n) is 11.0. The minimum absolute atomic E-state index is 0.171. The van der Waals surface area contributed by atoms with E-state index < -0.39 is 17.7 Å². The second kappa shape index (κ2) is 11.1. The monoisotopic (exact) mass is 453 g/mol. The highest BCUT2D eigenvalue weighted by molar-refractivity contribution is 5.44. The molecule has 0 amide bonds. The highest BCUT2D eigenvalue weighted by Crippen LogP contribution is 2.33. The Morgan fingerprint density at radius 3 is 2.70 bits per heavy atom. The van der Waals surface area contributed by atoms with Crippen LogP contribution in [-0.4, -0.2) is 42.6 Å². The van der Waals surface area contributed by atoms with Crippen LogP contribution in [0.25, 0.3) is 0 Å². The molecule has 1 aliphatic rings. The van der Waals surface area contributed by atoms with Gasteiger partial charge in [-0.25, -0.2) is 4.39 Å². The Hall–Kier alpha value is -3.13. The summed E-state index contributed by atoms with van der Waals surface area (Å²) in [5.74, 6) is 0.247. The Balaban J connectivity index is 1.22. The Morgan fingerprint density at radius 2 is 1.88 bits per heavy atom. The average Bonchev–Trinajstić information content (AvgIpc) is 2.84. The molecule has 174 valence electrons. The molecule has 3 N–H and O–H groups in total.